The second-order valence-electron chi connectivity index (χ2n) is 7.19. The number of rotatable bonds is 9. The van der Waals surface area contributed by atoms with Gasteiger partial charge in [-0.25, -0.2) is 8.42 Å². The zero-order valence-electron chi connectivity index (χ0n) is 17.8. The van der Waals surface area contributed by atoms with Crippen molar-refractivity contribution in [1.29, 1.82) is 0 Å². The highest BCUT2D eigenvalue weighted by Gasteiger charge is 2.27. The van der Waals surface area contributed by atoms with Gasteiger partial charge in [0, 0.05) is 4.47 Å². The molecular weight excluding hydrogens is 492 g/mol. The molecule has 3 aromatic carbocycles. The molecule has 1 atom stereocenters. The van der Waals surface area contributed by atoms with Gasteiger partial charge in [-0.1, -0.05) is 42.5 Å². The quantitative estimate of drug-likeness (QED) is 0.432. The Morgan fingerprint density at radius 1 is 1.03 bits per heavy atom. The fourth-order valence-corrected chi connectivity index (χ4v) is 4.85. The summed E-state index contributed by atoms with van der Waals surface area (Å²) in [4.78, 5) is 13.2. The van der Waals surface area contributed by atoms with Gasteiger partial charge in [-0.2, -0.15) is 4.72 Å². The van der Waals surface area contributed by atoms with Gasteiger partial charge in [0.15, 0.2) is 0 Å². The van der Waals surface area contributed by atoms with Crippen LogP contribution in [0.5, 0.6) is 5.75 Å². The van der Waals surface area contributed by atoms with Crippen LogP contribution in [0.15, 0.2) is 82.2 Å². The van der Waals surface area contributed by atoms with Crippen LogP contribution in [0.3, 0.4) is 0 Å². The van der Waals surface area contributed by atoms with Crippen LogP contribution in [0.1, 0.15) is 18.1 Å². The zero-order chi connectivity index (χ0) is 23.1. The number of carbonyl (C=O) groups excluding carboxylic acids is 1. The summed E-state index contributed by atoms with van der Waals surface area (Å²) < 4.78 is 35.1. The summed E-state index contributed by atoms with van der Waals surface area (Å²) in [5.74, 6) is 0.172. The van der Waals surface area contributed by atoms with Gasteiger partial charge in [-0.3, -0.25) is 4.79 Å². The van der Waals surface area contributed by atoms with Crippen molar-refractivity contribution in [3.63, 3.8) is 0 Å². The predicted molar refractivity (Wildman–Crippen MR) is 129 cm³/mol. The molecule has 0 saturated carbocycles. The van der Waals surface area contributed by atoms with Gasteiger partial charge in [0.05, 0.1) is 17.2 Å². The second-order valence-corrected chi connectivity index (χ2v) is 9.76. The van der Waals surface area contributed by atoms with E-state index >= 15 is 0 Å². The van der Waals surface area contributed by atoms with E-state index in [1.54, 1.807) is 37.3 Å². The van der Waals surface area contributed by atoms with Gasteiger partial charge in [0.1, 0.15) is 11.8 Å². The van der Waals surface area contributed by atoms with E-state index in [4.69, 9.17) is 4.74 Å². The van der Waals surface area contributed by atoms with Gasteiger partial charge in [0.2, 0.25) is 15.9 Å². The molecule has 0 saturated heterocycles. The van der Waals surface area contributed by atoms with Crippen molar-refractivity contribution in [3.8, 4) is 5.75 Å². The Morgan fingerprint density at radius 3 is 2.38 bits per heavy atom. The van der Waals surface area contributed by atoms with Crippen LogP contribution in [0, 0.1) is 6.92 Å². The van der Waals surface area contributed by atoms with E-state index in [9.17, 15) is 13.2 Å². The molecule has 0 bridgehead atoms. The number of hydrogen-bond acceptors (Lipinski definition) is 4. The highest BCUT2D eigenvalue weighted by Crippen LogP contribution is 2.24. The van der Waals surface area contributed by atoms with Gasteiger partial charge in [-0.15, -0.1) is 0 Å². The lowest BCUT2D eigenvalue weighted by Gasteiger charge is -2.20. The standard InChI is InChI=1S/C24H25BrN2O4S/c1-3-31-23-14-13-19(15-17(23)2)32(29,30)27-22(16-18-9-5-4-6-10-18)24(28)26-21-12-8-7-11-20(21)25/h4-15,22,27H,3,16H2,1-2H3,(H,26,28)/t22-/m1/s1. The molecule has 32 heavy (non-hydrogen) atoms. The third-order valence-electron chi connectivity index (χ3n) is 4.78. The van der Waals surface area contributed by atoms with Crippen molar-refractivity contribution in [3.05, 3.63) is 88.4 Å². The lowest BCUT2D eigenvalue weighted by molar-refractivity contribution is -0.117. The van der Waals surface area contributed by atoms with E-state index in [1.807, 2.05) is 43.3 Å². The summed E-state index contributed by atoms with van der Waals surface area (Å²) in [6.45, 7) is 4.13. The lowest BCUT2D eigenvalue weighted by Crippen LogP contribution is -2.45. The molecule has 0 aliphatic carbocycles. The highest BCUT2D eigenvalue weighted by molar-refractivity contribution is 9.10. The average Bonchev–Trinajstić information content (AvgIpc) is 2.77. The van der Waals surface area contributed by atoms with Crippen molar-refractivity contribution in [2.45, 2.75) is 31.2 Å². The summed E-state index contributed by atoms with van der Waals surface area (Å²) in [5, 5.41) is 2.81. The molecule has 0 unspecified atom stereocenters. The molecule has 0 aliphatic rings. The first kappa shape index (κ1) is 24.0. The summed E-state index contributed by atoms with van der Waals surface area (Å²) in [6.07, 6.45) is 0.201. The SMILES string of the molecule is CCOc1ccc(S(=O)(=O)N[C@H](Cc2ccccc2)C(=O)Nc2ccccc2Br)cc1C. The Morgan fingerprint density at radius 2 is 1.72 bits per heavy atom. The summed E-state index contributed by atoms with van der Waals surface area (Å²) in [5.41, 5.74) is 2.10. The van der Waals surface area contributed by atoms with Crippen molar-refractivity contribution < 1.29 is 17.9 Å². The summed E-state index contributed by atoms with van der Waals surface area (Å²) in [6, 6.07) is 20.1. The fraction of sp³-hybridized carbons (Fsp3) is 0.208. The normalized spacial score (nSPS) is 12.2. The largest absolute Gasteiger partial charge is 0.494 e. The van der Waals surface area contributed by atoms with Crippen LogP contribution >= 0.6 is 15.9 Å². The van der Waals surface area contributed by atoms with E-state index in [-0.39, 0.29) is 11.3 Å². The molecule has 0 aromatic heterocycles. The number of ether oxygens (including phenoxy) is 1. The maximum absolute atomic E-state index is 13.1. The minimum absolute atomic E-state index is 0.0743. The van der Waals surface area contributed by atoms with Gasteiger partial charge in [0.25, 0.3) is 0 Å². The number of amides is 1. The van der Waals surface area contributed by atoms with Crippen LogP contribution in [0.4, 0.5) is 5.69 Å². The minimum atomic E-state index is -3.96. The third-order valence-corrected chi connectivity index (χ3v) is 6.95. The molecule has 0 radical (unpaired) electrons. The molecule has 3 aromatic rings. The zero-order valence-corrected chi connectivity index (χ0v) is 20.2. The Bertz CT molecular complexity index is 1180. The molecule has 0 fully saturated rings. The Hall–Kier alpha value is -2.68. The van der Waals surface area contributed by atoms with Crippen LogP contribution in [0.25, 0.3) is 0 Å². The molecule has 0 spiro atoms. The smallest absolute Gasteiger partial charge is 0.242 e. The number of nitrogens with one attached hydrogen (secondary N) is 2. The van der Waals surface area contributed by atoms with Crippen molar-refractivity contribution in [2.75, 3.05) is 11.9 Å². The van der Waals surface area contributed by atoms with E-state index < -0.39 is 22.0 Å². The first-order chi connectivity index (χ1) is 15.3. The number of carbonyl (C=O) groups is 1. The first-order valence-electron chi connectivity index (χ1n) is 10.1. The summed E-state index contributed by atoms with van der Waals surface area (Å²) in [7, 11) is -3.96. The van der Waals surface area contributed by atoms with E-state index in [1.165, 1.54) is 6.07 Å². The Balaban J connectivity index is 1.88. The van der Waals surface area contributed by atoms with E-state index in [0.29, 0.717) is 28.1 Å². The first-order valence-corrected chi connectivity index (χ1v) is 12.4. The predicted octanol–water partition coefficient (Wildman–Crippen LogP) is 4.68. The minimum Gasteiger partial charge on any atom is -0.494 e. The molecule has 6 nitrogen and oxygen atoms in total. The van der Waals surface area contributed by atoms with Crippen molar-refractivity contribution in [2.24, 2.45) is 0 Å². The van der Waals surface area contributed by atoms with Crippen LogP contribution < -0.4 is 14.8 Å². The number of aryl methyl sites for hydroxylation is 1. The van der Waals surface area contributed by atoms with Crippen LogP contribution in [-0.2, 0) is 21.2 Å². The number of benzene rings is 3. The molecule has 8 heteroatoms. The maximum atomic E-state index is 13.1. The number of para-hydroxylation sites is 1. The van der Waals surface area contributed by atoms with Crippen LogP contribution in [0.2, 0.25) is 0 Å². The van der Waals surface area contributed by atoms with E-state index in [0.717, 1.165) is 5.56 Å². The highest BCUT2D eigenvalue weighted by atomic mass is 79.9. The molecular formula is C24H25BrN2O4S. The number of hydrogen-bond donors (Lipinski definition) is 2. The summed E-state index contributed by atoms with van der Waals surface area (Å²) >= 11 is 3.40. The second kappa shape index (κ2) is 10.8. The number of halogens is 1. The van der Waals surface area contributed by atoms with Crippen LogP contribution in [-0.4, -0.2) is 27.0 Å². The third kappa shape index (κ3) is 6.18. The number of sulfonamides is 1. The number of anilines is 1. The molecule has 168 valence electrons. The molecule has 1 amide bonds. The molecule has 0 aliphatic heterocycles. The molecule has 0 heterocycles. The molecule has 3 rings (SSSR count). The Labute approximate surface area is 197 Å². The van der Waals surface area contributed by atoms with Gasteiger partial charge in [-0.05, 0) is 77.7 Å². The Kier molecular flexibility index (Phi) is 8.06. The monoisotopic (exact) mass is 516 g/mol. The van der Waals surface area contributed by atoms with Crippen molar-refractivity contribution in [1.82, 2.24) is 4.72 Å². The molecule has 2 N–H and O–H groups in total. The van der Waals surface area contributed by atoms with Crippen molar-refractivity contribution >= 4 is 37.5 Å². The topological polar surface area (TPSA) is 84.5 Å². The lowest BCUT2D eigenvalue weighted by atomic mass is 10.1. The van der Waals surface area contributed by atoms with Gasteiger partial charge >= 0.3 is 0 Å². The maximum Gasteiger partial charge on any atom is 0.242 e. The van der Waals surface area contributed by atoms with E-state index in [2.05, 4.69) is 26.0 Å². The fourth-order valence-electron chi connectivity index (χ4n) is 3.18. The average molecular weight is 517 g/mol. The van der Waals surface area contributed by atoms with Gasteiger partial charge < -0.3 is 10.1 Å².